The smallest absolute Gasteiger partial charge is 0.220 e. The number of aromatic nitrogens is 2. The van der Waals surface area contributed by atoms with Crippen LogP contribution in [0.2, 0.25) is 0 Å². The van der Waals surface area contributed by atoms with Crippen LogP contribution in [0, 0.1) is 19.8 Å². The fourth-order valence-electron chi connectivity index (χ4n) is 2.89. The summed E-state index contributed by atoms with van der Waals surface area (Å²) >= 11 is 0. The van der Waals surface area contributed by atoms with Crippen molar-refractivity contribution < 1.29 is 9.59 Å². The lowest BCUT2D eigenvalue weighted by Crippen LogP contribution is -2.30. The molecule has 5 nitrogen and oxygen atoms in total. The van der Waals surface area contributed by atoms with Crippen molar-refractivity contribution in [3.05, 3.63) is 52.8 Å². The molecule has 2 aromatic rings. The van der Waals surface area contributed by atoms with Crippen LogP contribution >= 0.6 is 0 Å². The molecule has 0 aliphatic heterocycles. The Kier molecular flexibility index (Phi) is 7.13. The molecule has 0 aliphatic rings. The number of amides is 1. The zero-order chi connectivity index (χ0) is 19.1. The summed E-state index contributed by atoms with van der Waals surface area (Å²) < 4.78 is 1.97. The highest BCUT2D eigenvalue weighted by molar-refractivity contribution is 5.97. The Balaban J connectivity index is 1.72. The topological polar surface area (TPSA) is 64.0 Å². The van der Waals surface area contributed by atoms with E-state index in [4.69, 9.17) is 0 Å². The predicted molar refractivity (Wildman–Crippen MR) is 103 cm³/mol. The number of rotatable bonds is 9. The first-order valence-corrected chi connectivity index (χ1v) is 9.29. The molecule has 5 heteroatoms. The molecular weight excluding hydrogens is 326 g/mol. The third-order valence-corrected chi connectivity index (χ3v) is 4.50. The van der Waals surface area contributed by atoms with Gasteiger partial charge in [-0.1, -0.05) is 38.1 Å². The molecule has 1 aromatic carbocycles. The highest BCUT2D eigenvalue weighted by Crippen LogP contribution is 2.09. The van der Waals surface area contributed by atoms with Gasteiger partial charge in [0.1, 0.15) is 0 Å². The first-order chi connectivity index (χ1) is 12.4. The molecule has 0 radical (unpaired) electrons. The molecule has 1 amide bonds. The molecular formula is C21H29N3O2. The highest BCUT2D eigenvalue weighted by Gasteiger charge is 2.12. The SMILES string of the molecule is CCc1ccc(C(=O)CCC(=O)NCC(C)Cn2nc(C)cc2C)cc1. The zero-order valence-electron chi connectivity index (χ0n) is 16.2. The van der Waals surface area contributed by atoms with E-state index in [1.165, 1.54) is 5.56 Å². The number of ketones is 1. The molecule has 1 N–H and O–H groups in total. The Hall–Kier alpha value is -2.43. The van der Waals surface area contributed by atoms with Crippen molar-refractivity contribution >= 4 is 11.7 Å². The van der Waals surface area contributed by atoms with Gasteiger partial charge in [-0.15, -0.1) is 0 Å². The van der Waals surface area contributed by atoms with E-state index in [2.05, 4.69) is 24.3 Å². The van der Waals surface area contributed by atoms with Gasteiger partial charge in [0.25, 0.3) is 0 Å². The van der Waals surface area contributed by atoms with Gasteiger partial charge in [-0.3, -0.25) is 14.3 Å². The first kappa shape index (κ1) is 19.9. The number of carbonyl (C=O) groups excluding carboxylic acids is 2. The number of aryl methyl sites for hydroxylation is 3. The number of nitrogens with zero attached hydrogens (tertiary/aromatic N) is 2. The van der Waals surface area contributed by atoms with E-state index in [-0.39, 0.29) is 30.4 Å². The Morgan fingerprint density at radius 2 is 1.85 bits per heavy atom. The van der Waals surface area contributed by atoms with E-state index in [1.54, 1.807) is 0 Å². The lowest BCUT2D eigenvalue weighted by Gasteiger charge is -2.14. The van der Waals surface area contributed by atoms with Gasteiger partial charge in [-0.05, 0) is 37.8 Å². The highest BCUT2D eigenvalue weighted by atomic mass is 16.2. The zero-order valence-corrected chi connectivity index (χ0v) is 16.2. The van der Waals surface area contributed by atoms with E-state index in [0.717, 1.165) is 24.4 Å². The van der Waals surface area contributed by atoms with Gasteiger partial charge >= 0.3 is 0 Å². The Labute approximate surface area is 155 Å². The van der Waals surface area contributed by atoms with Gasteiger partial charge in [-0.25, -0.2) is 0 Å². The fraction of sp³-hybridized carbons (Fsp3) is 0.476. The van der Waals surface area contributed by atoms with Gasteiger partial charge < -0.3 is 5.32 Å². The maximum Gasteiger partial charge on any atom is 0.220 e. The molecule has 0 fully saturated rings. The van der Waals surface area contributed by atoms with Crippen LogP contribution in [0.3, 0.4) is 0 Å². The summed E-state index contributed by atoms with van der Waals surface area (Å²) in [6.45, 7) is 9.51. The van der Waals surface area contributed by atoms with Crippen LogP contribution in [0.1, 0.15) is 54.0 Å². The summed E-state index contributed by atoms with van der Waals surface area (Å²) in [6, 6.07) is 9.66. The first-order valence-electron chi connectivity index (χ1n) is 9.29. The lowest BCUT2D eigenvalue weighted by atomic mass is 10.0. The molecule has 0 bridgehead atoms. The Morgan fingerprint density at radius 3 is 2.42 bits per heavy atom. The minimum atomic E-state index is -0.0799. The Morgan fingerprint density at radius 1 is 1.15 bits per heavy atom. The largest absolute Gasteiger partial charge is 0.356 e. The molecule has 0 aliphatic carbocycles. The molecule has 140 valence electrons. The quantitative estimate of drug-likeness (QED) is 0.701. The number of benzene rings is 1. The summed E-state index contributed by atoms with van der Waals surface area (Å²) in [5.74, 6) is 0.205. The fourth-order valence-corrected chi connectivity index (χ4v) is 2.89. The molecule has 26 heavy (non-hydrogen) atoms. The van der Waals surface area contributed by atoms with Crippen molar-refractivity contribution in [2.24, 2.45) is 5.92 Å². The normalized spacial score (nSPS) is 12.0. The minimum absolute atomic E-state index is 0.0125. The molecule has 1 aromatic heterocycles. The average molecular weight is 355 g/mol. The molecule has 1 unspecified atom stereocenters. The Bertz CT molecular complexity index is 747. The summed E-state index contributed by atoms with van der Waals surface area (Å²) in [7, 11) is 0. The van der Waals surface area contributed by atoms with Crippen LogP contribution in [0.15, 0.2) is 30.3 Å². The summed E-state index contributed by atoms with van der Waals surface area (Å²) in [6.07, 6.45) is 1.41. The van der Waals surface area contributed by atoms with Crippen LogP contribution in [0.4, 0.5) is 0 Å². The molecule has 0 spiro atoms. The number of Topliss-reactive ketones (excluding diaryl/α,β-unsaturated/α-hetero) is 1. The van der Waals surface area contributed by atoms with Crippen LogP contribution < -0.4 is 5.32 Å². The minimum Gasteiger partial charge on any atom is -0.356 e. The lowest BCUT2D eigenvalue weighted by molar-refractivity contribution is -0.121. The van der Waals surface area contributed by atoms with Crippen molar-refractivity contribution in [1.29, 1.82) is 0 Å². The summed E-state index contributed by atoms with van der Waals surface area (Å²) in [5.41, 5.74) is 4.01. The monoisotopic (exact) mass is 355 g/mol. The van der Waals surface area contributed by atoms with Crippen LogP contribution in [-0.2, 0) is 17.8 Å². The van der Waals surface area contributed by atoms with E-state index in [9.17, 15) is 9.59 Å². The van der Waals surface area contributed by atoms with Crippen molar-refractivity contribution in [3.8, 4) is 0 Å². The molecule has 1 atom stereocenters. The number of carbonyl (C=O) groups is 2. The average Bonchev–Trinajstić information content (AvgIpc) is 2.94. The molecule has 0 saturated heterocycles. The van der Waals surface area contributed by atoms with Gasteiger partial charge in [0.15, 0.2) is 5.78 Å². The second kappa shape index (κ2) is 9.32. The standard InChI is InChI=1S/C21H29N3O2/c1-5-18-6-8-19(9-7-18)20(25)10-11-21(26)22-13-15(2)14-24-17(4)12-16(3)23-24/h6-9,12,15H,5,10-11,13-14H2,1-4H3,(H,22,26). The number of hydrogen-bond donors (Lipinski definition) is 1. The molecule has 2 rings (SSSR count). The number of hydrogen-bond acceptors (Lipinski definition) is 3. The van der Waals surface area contributed by atoms with E-state index < -0.39 is 0 Å². The van der Waals surface area contributed by atoms with Gasteiger partial charge in [-0.2, -0.15) is 5.10 Å². The third-order valence-electron chi connectivity index (χ3n) is 4.50. The van der Waals surface area contributed by atoms with Crippen LogP contribution in [-0.4, -0.2) is 28.0 Å². The van der Waals surface area contributed by atoms with Crippen molar-refractivity contribution in [1.82, 2.24) is 15.1 Å². The third kappa shape index (κ3) is 5.83. The summed E-state index contributed by atoms with van der Waals surface area (Å²) in [4.78, 5) is 24.2. The van der Waals surface area contributed by atoms with Gasteiger partial charge in [0, 0.05) is 37.2 Å². The van der Waals surface area contributed by atoms with Crippen molar-refractivity contribution in [2.45, 2.75) is 53.5 Å². The van der Waals surface area contributed by atoms with Crippen molar-refractivity contribution in [3.63, 3.8) is 0 Å². The van der Waals surface area contributed by atoms with Crippen LogP contribution in [0.5, 0.6) is 0 Å². The summed E-state index contributed by atoms with van der Waals surface area (Å²) in [5, 5.41) is 7.36. The maximum absolute atomic E-state index is 12.2. The van der Waals surface area contributed by atoms with E-state index >= 15 is 0 Å². The molecule has 1 heterocycles. The number of nitrogens with one attached hydrogen (secondary N) is 1. The predicted octanol–water partition coefficient (Wildman–Crippen LogP) is 3.48. The van der Waals surface area contributed by atoms with E-state index in [0.29, 0.717) is 12.1 Å². The van der Waals surface area contributed by atoms with E-state index in [1.807, 2.05) is 48.9 Å². The maximum atomic E-state index is 12.2. The van der Waals surface area contributed by atoms with Crippen molar-refractivity contribution in [2.75, 3.05) is 6.54 Å². The molecule has 0 saturated carbocycles. The van der Waals surface area contributed by atoms with Crippen LogP contribution in [0.25, 0.3) is 0 Å². The van der Waals surface area contributed by atoms with Gasteiger partial charge in [0.2, 0.25) is 5.91 Å². The van der Waals surface area contributed by atoms with Gasteiger partial charge in [0.05, 0.1) is 5.69 Å². The second-order valence-electron chi connectivity index (χ2n) is 6.99. The second-order valence-corrected chi connectivity index (χ2v) is 6.99.